The van der Waals surface area contributed by atoms with Gasteiger partial charge in [-0.05, 0) is 39.8 Å². The summed E-state index contributed by atoms with van der Waals surface area (Å²) in [5, 5.41) is 13.0. The summed E-state index contributed by atoms with van der Waals surface area (Å²) in [7, 11) is 0. The van der Waals surface area contributed by atoms with Crippen molar-refractivity contribution in [3.63, 3.8) is 0 Å². The molecule has 0 saturated carbocycles. The Bertz CT molecular complexity index is 720. The molecule has 0 fully saturated rings. The molecule has 1 aromatic carbocycles. The van der Waals surface area contributed by atoms with Crippen molar-refractivity contribution in [2.75, 3.05) is 5.75 Å². The third kappa shape index (κ3) is 5.69. The molecule has 8 heteroatoms. The number of aromatic nitrogens is 2. The van der Waals surface area contributed by atoms with E-state index in [1.54, 1.807) is 0 Å². The highest BCUT2D eigenvalue weighted by Crippen LogP contribution is 2.23. The van der Waals surface area contributed by atoms with Crippen LogP contribution in [0.2, 0.25) is 0 Å². The fourth-order valence-electron chi connectivity index (χ4n) is 1.74. The molecule has 3 amide bonds. The molecule has 0 atom stereocenters. The number of hydrogen-bond acceptors (Lipinski definition) is 6. The summed E-state index contributed by atoms with van der Waals surface area (Å²) in [5.74, 6) is -0.0344. The molecule has 0 aliphatic carbocycles. The Kier molecular flexibility index (Phi) is 5.61. The van der Waals surface area contributed by atoms with Crippen LogP contribution in [-0.4, -0.2) is 33.4 Å². The van der Waals surface area contributed by atoms with Gasteiger partial charge in [0.15, 0.2) is 0 Å². The SMILES string of the molecule is Cc1ccc(-c2nnc(SCC(=O)NC(=O)NC(C)(C)C)o2)cc1. The maximum Gasteiger partial charge on any atom is 0.321 e. The molecule has 128 valence electrons. The number of nitrogens with zero attached hydrogens (tertiary/aromatic N) is 2. The van der Waals surface area contributed by atoms with Crippen LogP contribution in [0.4, 0.5) is 4.79 Å². The second-order valence-electron chi connectivity index (χ2n) is 6.28. The molecule has 0 radical (unpaired) electrons. The van der Waals surface area contributed by atoms with Crippen LogP contribution in [-0.2, 0) is 4.79 Å². The van der Waals surface area contributed by atoms with E-state index in [1.807, 2.05) is 52.0 Å². The van der Waals surface area contributed by atoms with E-state index in [0.29, 0.717) is 5.89 Å². The summed E-state index contributed by atoms with van der Waals surface area (Å²) < 4.78 is 5.51. The first-order valence-electron chi connectivity index (χ1n) is 7.38. The van der Waals surface area contributed by atoms with E-state index in [9.17, 15) is 9.59 Å². The van der Waals surface area contributed by atoms with Gasteiger partial charge in [-0.1, -0.05) is 29.5 Å². The minimum atomic E-state index is -0.529. The van der Waals surface area contributed by atoms with E-state index in [1.165, 1.54) is 0 Å². The number of urea groups is 1. The van der Waals surface area contributed by atoms with Gasteiger partial charge in [-0.25, -0.2) is 4.79 Å². The van der Waals surface area contributed by atoms with Crippen molar-refractivity contribution in [1.29, 1.82) is 0 Å². The molecule has 0 unspecified atom stereocenters. The number of rotatable bonds is 4. The summed E-state index contributed by atoms with van der Waals surface area (Å²) in [5.41, 5.74) is 1.54. The van der Waals surface area contributed by atoms with E-state index in [4.69, 9.17) is 4.42 Å². The highest BCUT2D eigenvalue weighted by molar-refractivity contribution is 7.99. The maximum atomic E-state index is 11.7. The molecule has 0 bridgehead atoms. The third-order valence-electron chi connectivity index (χ3n) is 2.77. The Hall–Kier alpha value is -2.35. The highest BCUT2D eigenvalue weighted by Gasteiger charge is 2.16. The zero-order chi connectivity index (χ0) is 17.7. The number of carbonyl (C=O) groups excluding carboxylic acids is 2. The zero-order valence-electron chi connectivity index (χ0n) is 14.0. The first-order valence-corrected chi connectivity index (χ1v) is 8.37. The Morgan fingerprint density at radius 2 is 1.83 bits per heavy atom. The van der Waals surface area contributed by atoms with Gasteiger partial charge in [0.2, 0.25) is 11.8 Å². The summed E-state index contributed by atoms with van der Waals surface area (Å²) in [4.78, 5) is 23.3. The van der Waals surface area contributed by atoms with Crippen LogP contribution < -0.4 is 10.6 Å². The van der Waals surface area contributed by atoms with Crippen molar-refractivity contribution < 1.29 is 14.0 Å². The molecule has 1 aromatic heterocycles. The zero-order valence-corrected chi connectivity index (χ0v) is 14.9. The Balaban J connectivity index is 1.85. The molecular weight excluding hydrogens is 328 g/mol. The lowest BCUT2D eigenvalue weighted by molar-refractivity contribution is -0.117. The lowest BCUT2D eigenvalue weighted by atomic mass is 10.1. The van der Waals surface area contributed by atoms with Crippen molar-refractivity contribution in [3.05, 3.63) is 29.8 Å². The predicted molar refractivity (Wildman–Crippen MR) is 91.6 cm³/mol. The topological polar surface area (TPSA) is 97.1 Å². The Labute approximate surface area is 144 Å². The number of carbonyl (C=O) groups is 2. The largest absolute Gasteiger partial charge is 0.411 e. The van der Waals surface area contributed by atoms with Crippen molar-refractivity contribution in [2.45, 2.75) is 38.5 Å². The van der Waals surface area contributed by atoms with E-state index < -0.39 is 17.5 Å². The minimum Gasteiger partial charge on any atom is -0.411 e. The van der Waals surface area contributed by atoms with Crippen molar-refractivity contribution in [3.8, 4) is 11.5 Å². The molecule has 24 heavy (non-hydrogen) atoms. The van der Waals surface area contributed by atoms with Gasteiger partial charge in [-0.3, -0.25) is 10.1 Å². The van der Waals surface area contributed by atoms with Crippen LogP contribution in [0.1, 0.15) is 26.3 Å². The smallest absolute Gasteiger partial charge is 0.321 e. The predicted octanol–water partition coefficient (Wildman–Crippen LogP) is 2.76. The van der Waals surface area contributed by atoms with E-state index in [2.05, 4.69) is 20.8 Å². The van der Waals surface area contributed by atoms with Crippen molar-refractivity contribution in [2.24, 2.45) is 0 Å². The van der Waals surface area contributed by atoms with Crippen molar-refractivity contribution in [1.82, 2.24) is 20.8 Å². The van der Waals surface area contributed by atoms with Gasteiger partial charge in [0.05, 0.1) is 5.75 Å². The van der Waals surface area contributed by atoms with Crippen LogP contribution >= 0.6 is 11.8 Å². The van der Waals surface area contributed by atoms with Crippen LogP contribution in [0.3, 0.4) is 0 Å². The van der Waals surface area contributed by atoms with Crippen LogP contribution in [0.5, 0.6) is 0 Å². The number of hydrogen-bond donors (Lipinski definition) is 2. The van der Waals surface area contributed by atoms with E-state index in [-0.39, 0.29) is 11.0 Å². The van der Waals surface area contributed by atoms with E-state index in [0.717, 1.165) is 22.9 Å². The van der Waals surface area contributed by atoms with Gasteiger partial charge in [-0.15, -0.1) is 10.2 Å². The maximum absolute atomic E-state index is 11.7. The highest BCUT2D eigenvalue weighted by atomic mass is 32.2. The molecule has 0 aliphatic heterocycles. The molecule has 7 nitrogen and oxygen atoms in total. The number of nitrogens with one attached hydrogen (secondary N) is 2. The lowest BCUT2D eigenvalue weighted by Crippen LogP contribution is -2.48. The second-order valence-corrected chi connectivity index (χ2v) is 7.21. The van der Waals surface area contributed by atoms with Crippen LogP contribution in [0.15, 0.2) is 33.9 Å². The molecule has 0 spiro atoms. The summed E-state index contributed by atoms with van der Waals surface area (Å²) >= 11 is 1.07. The summed E-state index contributed by atoms with van der Waals surface area (Å²) in [6, 6.07) is 7.15. The quantitative estimate of drug-likeness (QED) is 0.825. The summed E-state index contributed by atoms with van der Waals surface area (Å²) in [6.45, 7) is 7.48. The standard InChI is InChI=1S/C16H20N4O3S/c1-10-5-7-11(8-6-10)13-19-20-15(23-13)24-9-12(21)17-14(22)18-16(2,3)4/h5-8H,9H2,1-4H3,(H2,17,18,21,22). The monoisotopic (exact) mass is 348 g/mol. The molecule has 0 aliphatic rings. The molecular formula is C16H20N4O3S. The van der Waals surface area contributed by atoms with Gasteiger partial charge < -0.3 is 9.73 Å². The number of benzene rings is 1. The van der Waals surface area contributed by atoms with Gasteiger partial charge in [0, 0.05) is 11.1 Å². The normalized spacial score (nSPS) is 11.2. The molecule has 0 saturated heterocycles. The minimum absolute atomic E-state index is 0.00704. The summed E-state index contributed by atoms with van der Waals surface area (Å²) in [6.07, 6.45) is 0. The van der Waals surface area contributed by atoms with E-state index >= 15 is 0 Å². The first kappa shape index (κ1) is 18.0. The average Bonchev–Trinajstić information content (AvgIpc) is 2.92. The number of imide groups is 1. The Morgan fingerprint density at radius 1 is 1.17 bits per heavy atom. The fourth-order valence-corrected chi connectivity index (χ4v) is 2.31. The second kappa shape index (κ2) is 7.48. The van der Waals surface area contributed by atoms with Gasteiger partial charge >= 0.3 is 6.03 Å². The average molecular weight is 348 g/mol. The lowest BCUT2D eigenvalue weighted by Gasteiger charge is -2.20. The molecule has 1 heterocycles. The number of thioether (sulfide) groups is 1. The Morgan fingerprint density at radius 3 is 2.46 bits per heavy atom. The first-order chi connectivity index (χ1) is 11.2. The number of amides is 3. The van der Waals surface area contributed by atoms with Crippen molar-refractivity contribution >= 4 is 23.7 Å². The van der Waals surface area contributed by atoms with Crippen LogP contribution in [0.25, 0.3) is 11.5 Å². The molecule has 2 N–H and O–H groups in total. The van der Waals surface area contributed by atoms with Gasteiger partial charge in [0.1, 0.15) is 0 Å². The van der Waals surface area contributed by atoms with Crippen LogP contribution in [0, 0.1) is 6.92 Å². The molecule has 2 aromatic rings. The third-order valence-corrected chi connectivity index (χ3v) is 3.59. The fraction of sp³-hybridized carbons (Fsp3) is 0.375. The molecule has 2 rings (SSSR count). The number of aryl methyl sites for hydroxylation is 1. The van der Waals surface area contributed by atoms with Gasteiger partial charge in [0.25, 0.3) is 5.22 Å². The van der Waals surface area contributed by atoms with Gasteiger partial charge in [-0.2, -0.15) is 0 Å².